The quantitative estimate of drug-likeness (QED) is 0.856. The summed E-state index contributed by atoms with van der Waals surface area (Å²) in [6.45, 7) is 2.69. The fourth-order valence-corrected chi connectivity index (χ4v) is 2.49. The summed E-state index contributed by atoms with van der Waals surface area (Å²) < 4.78 is 16.6. The van der Waals surface area contributed by atoms with Gasteiger partial charge in [0, 0.05) is 23.3 Å². The summed E-state index contributed by atoms with van der Waals surface area (Å²) in [7, 11) is 1.83. The highest BCUT2D eigenvalue weighted by molar-refractivity contribution is 9.10. The number of rotatable bonds is 4. The number of nitrogens with one attached hydrogen (secondary N) is 1. The monoisotopic (exact) mass is 345 g/mol. The van der Waals surface area contributed by atoms with E-state index in [9.17, 15) is 4.39 Å². The van der Waals surface area contributed by atoms with Crippen LogP contribution in [0.2, 0.25) is 5.02 Å². The molecule has 102 valence electrons. The van der Waals surface area contributed by atoms with Gasteiger partial charge in [-0.25, -0.2) is 4.39 Å². The van der Waals surface area contributed by atoms with Crippen LogP contribution in [-0.2, 0) is 7.05 Å². The summed E-state index contributed by atoms with van der Waals surface area (Å²) in [5.74, 6) is -0.414. The van der Waals surface area contributed by atoms with E-state index in [0.29, 0.717) is 16.6 Å². The zero-order valence-corrected chi connectivity index (χ0v) is 13.0. The van der Waals surface area contributed by atoms with Crippen molar-refractivity contribution in [1.82, 2.24) is 15.1 Å². The third-order valence-corrected chi connectivity index (χ3v) is 4.20. The molecule has 0 bridgehead atoms. The summed E-state index contributed by atoms with van der Waals surface area (Å²) in [6, 6.07) is 5.07. The molecule has 1 N–H and O–H groups in total. The summed E-state index contributed by atoms with van der Waals surface area (Å²) in [5.41, 5.74) is 1.40. The minimum atomic E-state index is -0.414. The number of halogens is 3. The lowest BCUT2D eigenvalue weighted by Crippen LogP contribution is -2.25. The molecule has 1 heterocycles. The zero-order chi connectivity index (χ0) is 14.0. The highest BCUT2D eigenvalue weighted by atomic mass is 79.9. The van der Waals surface area contributed by atoms with Gasteiger partial charge in [0.1, 0.15) is 5.82 Å². The summed E-state index contributed by atoms with van der Waals surface area (Å²) in [5, 5.41) is 7.48. The SMILES string of the molecule is CCNC(c1ccc(Br)c(Cl)c1F)c1ccnn1C. The van der Waals surface area contributed by atoms with Crippen molar-refractivity contribution in [3.63, 3.8) is 0 Å². The van der Waals surface area contributed by atoms with Crippen LogP contribution in [0.1, 0.15) is 24.2 Å². The second-order valence-corrected chi connectivity index (χ2v) is 5.37. The molecule has 0 saturated heterocycles. The van der Waals surface area contributed by atoms with Crippen LogP contribution in [0.3, 0.4) is 0 Å². The van der Waals surface area contributed by atoms with Crippen LogP contribution in [0.25, 0.3) is 0 Å². The first-order valence-corrected chi connectivity index (χ1v) is 7.08. The Labute approximate surface area is 124 Å². The first-order valence-electron chi connectivity index (χ1n) is 5.91. The Morgan fingerprint density at radius 3 is 2.79 bits per heavy atom. The maximum absolute atomic E-state index is 14.3. The van der Waals surface area contributed by atoms with Gasteiger partial charge in [-0.05, 0) is 34.6 Å². The Hall–Kier alpha value is -0.910. The molecule has 3 nitrogen and oxygen atoms in total. The molecular weight excluding hydrogens is 333 g/mol. The van der Waals surface area contributed by atoms with Crippen molar-refractivity contribution in [2.75, 3.05) is 6.54 Å². The molecule has 6 heteroatoms. The number of aromatic nitrogens is 2. The summed E-state index contributed by atoms with van der Waals surface area (Å²) >= 11 is 9.18. The third kappa shape index (κ3) is 2.83. The van der Waals surface area contributed by atoms with Crippen LogP contribution in [0.15, 0.2) is 28.9 Å². The smallest absolute Gasteiger partial charge is 0.148 e. The number of hydrogen-bond donors (Lipinski definition) is 1. The molecule has 0 aliphatic heterocycles. The predicted molar refractivity (Wildman–Crippen MR) is 77.8 cm³/mol. The Balaban J connectivity index is 2.52. The third-order valence-electron chi connectivity index (χ3n) is 2.94. The second-order valence-electron chi connectivity index (χ2n) is 4.13. The van der Waals surface area contributed by atoms with Crippen molar-refractivity contribution in [3.8, 4) is 0 Å². The lowest BCUT2D eigenvalue weighted by Gasteiger charge is -2.20. The first-order chi connectivity index (χ1) is 9.06. The maximum atomic E-state index is 14.3. The van der Waals surface area contributed by atoms with E-state index in [0.717, 1.165) is 5.69 Å². The number of nitrogens with zero attached hydrogens (tertiary/aromatic N) is 2. The molecule has 1 atom stereocenters. The van der Waals surface area contributed by atoms with Gasteiger partial charge in [0.05, 0.1) is 16.8 Å². The van der Waals surface area contributed by atoms with Crippen LogP contribution in [-0.4, -0.2) is 16.3 Å². The van der Waals surface area contributed by atoms with Crippen LogP contribution in [0, 0.1) is 5.82 Å². The molecule has 1 aromatic heterocycles. The molecule has 1 aromatic carbocycles. The van der Waals surface area contributed by atoms with E-state index in [1.54, 1.807) is 23.0 Å². The van der Waals surface area contributed by atoms with E-state index in [1.165, 1.54) is 0 Å². The molecule has 0 aliphatic rings. The molecule has 19 heavy (non-hydrogen) atoms. The van der Waals surface area contributed by atoms with Gasteiger partial charge in [-0.15, -0.1) is 0 Å². The second kappa shape index (κ2) is 6.03. The zero-order valence-electron chi connectivity index (χ0n) is 10.6. The van der Waals surface area contributed by atoms with E-state index in [4.69, 9.17) is 11.6 Å². The van der Waals surface area contributed by atoms with Gasteiger partial charge in [-0.3, -0.25) is 4.68 Å². The molecule has 0 aliphatic carbocycles. The van der Waals surface area contributed by atoms with Gasteiger partial charge < -0.3 is 5.32 Å². The van der Waals surface area contributed by atoms with Crippen LogP contribution in [0.5, 0.6) is 0 Å². The minimum Gasteiger partial charge on any atom is -0.305 e. The number of hydrogen-bond acceptors (Lipinski definition) is 2. The normalized spacial score (nSPS) is 12.7. The topological polar surface area (TPSA) is 29.9 Å². The predicted octanol–water partition coefficient (Wildman–Crippen LogP) is 3.67. The fourth-order valence-electron chi connectivity index (χ4n) is 2.01. The van der Waals surface area contributed by atoms with Gasteiger partial charge in [0.25, 0.3) is 0 Å². The highest BCUT2D eigenvalue weighted by Crippen LogP contribution is 2.32. The van der Waals surface area contributed by atoms with Gasteiger partial charge >= 0.3 is 0 Å². The van der Waals surface area contributed by atoms with E-state index in [-0.39, 0.29) is 11.1 Å². The van der Waals surface area contributed by atoms with Gasteiger partial charge in [0.15, 0.2) is 0 Å². The number of benzene rings is 1. The molecule has 0 spiro atoms. The fraction of sp³-hybridized carbons (Fsp3) is 0.308. The minimum absolute atomic E-state index is 0.0996. The van der Waals surface area contributed by atoms with E-state index < -0.39 is 5.82 Å². The van der Waals surface area contributed by atoms with Crippen molar-refractivity contribution >= 4 is 27.5 Å². The van der Waals surface area contributed by atoms with E-state index in [2.05, 4.69) is 26.3 Å². The van der Waals surface area contributed by atoms with Gasteiger partial charge in [-0.1, -0.05) is 24.6 Å². The average Bonchev–Trinajstić information content (AvgIpc) is 2.80. The Kier molecular flexibility index (Phi) is 4.60. The van der Waals surface area contributed by atoms with Crippen LogP contribution >= 0.6 is 27.5 Å². The first kappa shape index (κ1) is 14.5. The molecule has 2 rings (SSSR count). The van der Waals surface area contributed by atoms with Crippen molar-refractivity contribution in [3.05, 3.63) is 51.0 Å². The molecule has 0 radical (unpaired) electrons. The van der Waals surface area contributed by atoms with E-state index >= 15 is 0 Å². The maximum Gasteiger partial charge on any atom is 0.148 e. The molecular formula is C13H14BrClFN3. The molecule has 1 unspecified atom stereocenters. The molecule has 2 aromatic rings. The highest BCUT2D eigenvalue weighted by Gasteiger charge is 2.22. The van der Waals surface area contributed by atoms with Crippen molar-refractivity contribution in [2.45, 2.75) is 13.0 Å². The van der Waals surface area contributed by atoms with Gasteiger partial charge in [-0.2, -0.15) is 5.10 Å². The van der Waals surface area contributed by atoms with Crippen LogP contribution < -0.4 is 5.32 Å². The van der Waals surface area contributed by atoms with Crippen molar-refractivity contribution in [2.24, 2.45) is 7.05 Å². The van der Waals surface area contributed by atoms with Crippen molar-refractivity contribution < 1.29 is 4.39 Å². The molecule has 0 saturated carbocycles. The van der Waals surface area contributed by atoms with Gasteiger partial charge in [0.2, 0.25) is 0 Å². The van der Waals surface area contributed by atoms with E-state index in [1.807, 2.05) is 20.0 Å². The van der Waals surface area contributed by atoms with Crippen LogP contribution in [0.4, 0.5) is 4.39 Å². The Morgan fingerprint density at radius 1 is 1.47 bits per heavy atom. The lowest BCUT2D eigenvalue weighted by molar-refractivity contribution is 0.532. The summed E-state index contributed by atoms with van der Waals surface area (Å²) in [4.78, 5) is 0. The molecule has 0 amide bonds. The summed E-state index contributed by atoms with van der Waals surface area (Å²) in [6.07, 6.45) is 1.69. The largest absolute Gasteiger partial charge is 0.305 e. The van der Waals surface area contributed by atoms with Crippen molar-refractivity contribution in [1.29, 1.82) is 0 Å². The lowest BCUT2D eigenvalue weighted by atomic mass is 10.0. The average molecular weight is 347 g/mol. The number of aryl methyl sites for hydroxylation is 1. The Bertz CT molecular complexity index is 585. The standard InChI is InChI=1S/C13H14BrClFN3/c1-3-17-13(10-6-7-18-19(10)2)8-4-5-9(14)11(15)12(8)16/h4-7,13,17H,3H2,1-2H3. The Morgan fingerprint density at radius 2 is 2.21 bits per heavy atom. The molecule has 0 fully saturated rings.